The average molecular weight is 396 g/mol. The van der Waals surface area contributed by atoms with Crippen LogP contribution in [0.25, 0.3) is 0 Å². The van der Waals surface area contributed by atoms with Crippen LogP contribution in [0.15, 0.2) is 30.3 Å². The minimum atomic E-state index is 0.0638. The van der Waals surface area contributed by atoms with Crippen LogP contribution in [0.1, 0.15) is 27.8 Å². The summed E-state index contributed by atoms with van der Waals surface area (Å²) < 4.78 is 5.51. The molecule has 0 spiro atoms. The molecular formula is C24H33N3O2. The number of amides is 1. The first kappa shape index (κ1) is 21.3. The molecule has 2 aromatic rings. The molecule has 0 bridgehead atoms. The van der Waals surface area contributed by atoms with Gasteiger partial charge in [0.25, 0.3) is 0 Å². The van der Waals surface area contributed by atoms with Crippen LogP contribution in [0.2, 0.25) is 0 Å². The summed E-state index contributed by atoms with van der Waals surface area (Å²) in [5.74, 6) is 1.01. The van der Waals surface area contributed by atoms with E-state index in [4.69, 9.17) is 4.74 Å². The van der Waals surface area contributed by atoms with Crippen molar-refractivity contribution in [3.63, 3.8) is 0 Å². The van der Waals surface area contributed by atoms with E-state index in [2.05, 4.69) is 53.2 Å². The molecule has 156 valence electrons. The smallest absolute Gasteiger partial charge is 0.238 e. The molecule has 5 nitrogen and oxygen atoms in total. The molecule has 1 amide bonds. The zero-order chi connectivity index (χ0) is 21.0. The summed E-state index contributed by atoms with van der Waals surface area (Å²) in [5.41, 5.74) is 6.88. The van der Waals surface area contributed by atoms with Crippen molar-refractivity contribution in [2.24, 2.45) is 0 Å². The van der Waals surface area contributed by atoms with E-state index in [1.54, 1.807) is 7.11 Å². The van der Waals surface area contributed by atoms with Gasteiger partial charge in [-0.2, -0.15) is 0 Å². The Morgan fingerprint density at radius 2 is 1.55 bits per heavy atom. The van der Waals surface area contributed by atoms with E-state index in [9.17, 15) is 4.79 Å². The van der Waals surface area contributed by atoms with Gasteiger partial charge in [-0.3, -0.25) is 14.6 Å². The molecule has 1 aliphatic rings. The maximum Gasteiger partial charge on any atom is 0.238 e. The van der Waals surface area contributed by atoms with Gasteiger partial charge in [-0.1, -0.05) is 35.4 Å². The number of benzene rings is 2. The van der Waals surface area contributed by atoms with Gasteiger partial charge < -0.3 is 10.1 Å². The van der Waals surface area contributed by atoms with Gasteiger partial charge >= 0.3 is 0 Å². The summed E-state index contributed by atoms with van der Waals surface area (Å²) >= 11 is 0. The normalized spacial score (nSPS) is 15.3. The molecule has 0 unspecified atom stereocenters. The predicted molar refractivity (Wildman–Crippen MR) is 119 cm³/mol. The van der Waals surface area contributed by atoms with Gasteiger partial charge in [-0.15, -0.1) is 0 Å². The Hall–Kier alpha value is -2.37. The number of carbonyl (C=O) groups excluding carboxylic acids is 1. The Balaban J connectivity index is 1.51. The number of hydrogen-bond acceptors (Lipinski definition) is 4. The largest absolute Gasteiger partial charge is 0.496 e. The minimum Gasteiger partial charge on any atom is -0.496 e. The first-order chi connectivity index (χ1) is 13.9. The monoisotopic (exact) mass is 395 g/mol. The number of carbonyl (C=O) groups is 1. The SMILES string of the molecule is COc1ccc(C)cc1CN1CCN(CC(=O)Nc2c(C)cc(C)cc2C)CC1. The lowest BCUT2D eigenvalue weighted by Crippen LogP contribution is -2.48. The number of methoxy groups -OCH3 is 1. The van der Waals surface area contributed by atoms with Crippen LogP contribution in [0.3, 0.4) is 0 Å². The molecule has 1 N–H and O–H groups in total. The Kier molecular flexibility index (Phi) is 6.93. The van der Waals surface area contributed by atoms with Gasteiger partial charge in [0.05, 0.1) is 13.7 Å². The summed E-state index contributed by atoms with van der Waals surface area (Å²) in [7, 11) is 1.72. The number of ether oxygens (including phenoxy) is 1. The summed E-state index contributed by atoms with van der Waals surface area (Å²) in [4.78, 5) is 17.2. The zero-order valence-corrected chi connectivity index (χ0v) is 18.3. The quantitative estimate of drug-likeness (QED) is 0.810. The number of nitrogens with one attached hydrogen (secondary N) is 1. The number of piperazine rings is 1. The minimum absolute atomic E-state index is 0.0638. The molecule has 0 atom stereocenters. The maximum atomic E-state index is 12.6. The van der Waals surface area contributed by atoms with E-state index in [0.717, 1.165) is 55.3 Å². The zero-order valence-electron chi connectivity index (χ0n) is 18.3. The Morgan fingerprint density at radius 3 is 2.17 bits per heavy atom. The van der Waals surface area contributed by atoms with Crippen molar-refractivity contribution in [3.8, 4) is 5.75 Å². The van der Waals surface area contributed by atoms with E-state index in [0.29, 0.717) is 6.54 Å². The number of nitrogens with zero attached hydrogens (tertiary/aromatic N) is 2. The molecule has 0 aliphatic carbocycles. The van der Waals surface area contributed by atoms with Gasteiger partial charge in [0.15, 0.2) is 0 Å². The summed E-state index contributed by atoms with van der Waals surface area (Å²) in [6, 6.07) is 10.5. The fraction of sp³-hybridized carbons (Fsp3) is 0.458. The molecular weight excluding hydrogens is 362 g/mol. The van der Waals surface area contributed by atoms with Gasteiger partial charge in [-0.05, 0) is 44.9 Å². The lowest BCUT2D eigenvalue weighted by Gasteiger charge is -2.34. The van der Waals surface area contributed by atoms with Crippen LogP contribution in [0, 0.1) is 27.7 Å². The van der Waals surface area contributed by atoms with E-state index in [1.807, 2.05) is 19.9 Å². The molecule has 2 aromatic carbocycles. The van der Waals surface area contributed by atoms with Crippen LogP contribution < -0.4 is 10.1 Å². The standard InChI is InChI=1S/C24H33N3O2/c1-17-6-7-22(29-5)21(14-17)15-26-8-10-27(11-9-26)16-23(28)25-24-19(3)12-18(2)13-20(24)4/h6-7,12-14H,8-11,15-16H2,1-5H3,(H,25,28). The van der Waals surface area contributed by atoms with Crippen LogP contribution >= 0.6 is 0 Å². The molecule has 0 saturated carbocycles. The Labute approximate surface area is 174 Å². The highest BCUT2D eigenvalue weighted by Crippen LogP contribution is 2.23. The number of anilines is 1. The average Bonchev–Trinajstić information content (AvgIpc) is 2.66. The van der Waals surface area contributed by atoms with Gasteiger partial charge in [0, 0.05) is 44.0 Å². The van der Waals surface area contributed by atoms with Crippen LogP contribution in [-0.4, -0.2) is 55.5 Å². The second-order valence-electron chi connectivity index (χ2n) is 8.19. The Bertz CT molecular complexity index is 847. The lowest BCUT2D eigenvalue weighted by molar-refractivity contribution is -0.117. The molecule has 1 saturated heterocycles. The molecule has 5 heteroatoms. The third-order valence-corrected chi connectivity index (χ3v) is 5.60. The maximum absolute atomic E-state index is 12.6. The van der Waals surface area contributed by atoms with Crippen LogP contribution in [-0.2, 0) is 11.3 Å². The van der Waals surface area contributed by atoms with Crippen LogP contribution in [0.5, 0.6) is 5.75 Å². The fourth-order valence-electron chi connectivity index (χ4n) is 4.14. The van der Waals surface area contributed by atoms with Gasteiger partial charge in [0.1, 0.15) is 5.75 Å². The van der Waals surface area contributed by atoms with Crippen LogP contribution in [0.4, 0.5) is 5.69 Å². The first-order valence-electron chi connectivity index (χ1n) is 10.3. The highest BCUT2D eigenvalue weighted by atomic mass is 16.5. The second kappa shape index (κ2) is 9.42. The number of aryl methyl sites for hydroxylation is 4. The molecule has 1 fully saturated rings. The fourth-order valence-corrected chi connectivity index (χ4v) is 4.14. The van der Waals surface area contributed by atoms with Crippen molar-refractivity contribution in [1.82, 2.24) is 9.80 Å². The third-order valence-electron chi connectivity index (χ3n) is 5.60. The van der Waals surface area contributed by atoms with Crippen molar-refractivity contribution in [1.29, 1.82) is 0 Å². The van der Waals surface area contributed by atoms with Gasteiger partial charge in [0.2, 0.25) is 5.91 Å². The highest BCUT2D eigenvalue weighted by molar-refractivity contribution is 5.93. The van der Waals surface area contributed by atoms with Gasteiger partial charge in [-0.25, -0.2) is 0 Å². The first-order valence-corrected chi connectivity index (χ1v) is 10.3. The summed E-state index contributed by atoms with van der Waals surface area (Å²) in [6.07, 6.45) is 0. The van der Waals surface area contributed by atoms with Crippen molar-refractivity contribution in [2.45, 2.75) is 34.2 Å². The molecule has 29 heavy (non-hydrogen) atoms. The van der Waals surface area contributed by atoms with E-state index in [1.165, 1.54) is 16.7 Å². The lowest BCUT2D eigenvalue weighted by atomic mass is 10.1. The Morgan fingerprint density at radius 1 is 0.931 bits per heavy atom. The van der Waals surface area contributed by atoms with Crippen molar-refractivity contribution >= 4 is 11.6 Å². The predicted octanol–water partition coefficient (Wildman–Crippen LogP) is 3.69. The van der Waals surface area contributed by atoms with Crippen molar-refractivity contribution in [2.75, 3.05) is 45.2 Å². The molecule has 3 rings (SSSR count). The van der Waals surface area contributed by atoms with Crippen molar-refractivity contribution < 1.29 is 9.53 Å². The van der Waals surface area contributed by atoms with E-state index >= 15 is 0 Å². The topological polar surface area (TPSA) is 44.8 Å². The number of hydrogen-bond donors (Lipinski definition) is 1. The third kappa shape index (κ3) is 5.58. The molecule has 1 heterocycles. The molecule has 0 aromatic heterocycles. The highest BCUT2D eigenvalue weighted by Gasteiger charge is 2.20. The van der Waals surface area contributed by atoms with E-state index in [-0.39, 0.29) is 5.91 Å². The summed E-state index contributed by atoms with van der Waals surface area (Å²) in [5, 5.41) is 3.11. The molecule has 0 radical (unpaired) electrons. The van der Waals surface area contributed by atoms with Crippen molar-refractivity contribution in [3.05, 3.63) is 58.1 Å². The number of rotatable bonds is 6. The molecule has 1 aliphatic heterocycles. The van der Waals surface area contributed by atoms with E-state index < -0.39 is 0 Å². The summed E-state index contributed by atoms with van der Waals surface area (Å²) in [6.45, 7) is 13.3. The second-order valence-corrected chi connectivity index (χ2v) is 8.19.